The molecule has 1 aliphatic heterocycles. The summed E-state index contributed by atoms with van der Waals surface area (Å²) in [6.45, 7) is 6.95. The highest BCUT2D eigenvalue weighted by molar-refractivity contribution is 6.30. The highest BCUT2D eigenvalue weighted by atomic mass is 35.5. The molecular formula is C18H24ClN5. The van der Waals surface area contributed by atoms with Crippen molar-refractivity contribution in [3.8, 4) is 0 Å². The van der Waals surface area contributed by atoms with Crippen molar-refractivity contribution < 1.29 is 0 Å². The molecule has 24 heavy (non-hydrogen) atoms. The molecule has 128 valence electrons. The molecule has 1 aromatic heterocycles. The second kappa shape index (κ2) is 8.20. The van der Waals surface area contributed by atoms with Gasteiger partial charge in [-0.05, 0) is 24.6 Å². The zero-order chi connectivity index (χ0) is 16.8. The van der Waals surface area contributed by atoms with E-state index >= 15 is 0 Å². The highest BCUT2D eigenvalue weighted by Gasteiger charge is 2.18. The van der Waals surface area contributed by atoms with Crippen LogP contribution in [0.1, 0.15) is 19.8 Å². The Bertz CT molecular complexity index is 655. The Kier molecular flexibility index (Phi) is 5.75. The van der Waals surface area contributed by atoms with Gasteiger partial charge in [0, 0.05) is 49.5 Å². The van der Waals surface area contributed by atoms with E-state index in [2.05, 4.69) is 38.1 Å². The van der Waals surface area contributed by atoms with Crippen molar-refractivity contribution in [2.75, 3.05) is 47.8 Å². The number of hydrogen-bond donors (Lipinski definition) is 1. The Hall–Kier alpha value is -2.01. The van der Waals surface area contributed by atoms with Crippen LogP contribution in [0.4, 0.5) is 17.3 Å². The first-order chi connectivity index (χ1) is 11.8. The van der Waals surface area contributed by atoms with Gasteiger partial charge in [-0.1, -0.05) is 31.0 Å². The van der Waals surface area contributed by atoms with Crippen LogP contribution in [0.3, 0.4) is 0 Å². The minimum absolute atomic E-state index is 0.786. The molecule has 2 aromatic rings. The second-order valence-electron chi connectivity index (χ2n) is 6.00. The molecule has 1 saturated heterocycles. The van der Waals surface area contributed by atoms with Gasteiger partial charge in [0.2, 0.25) is 0 Å². The van der Waals surface area contributed by atoms with Crippen molar-refractivity contribution in [3.63, 3.8) is 0 Å². The molecule has 1 aromatic carbocycles. The fraction of sp³-hybridized carbons (Fsp3) is 0.444. The maximum absolute atomic E-state index is 6.10. The highest BCUT2D eigenvalue weighted by Crippen LogP contribution is 2.22. The number of rotatable bonds is 6. The fourth-order valence-electron chi connectivity index (χ4n) is 2.88. The third-order valence-corrected chi connectivity index (χ3v) is 4.50. The number of piperazine rings is 1. The molecule has 1 fully saturated rings. The molecule has 2 heterocycles. The molecule has 1 N–H and O–H groups in total. The number of nitrogens with one attached hydrogen (secondary N) is 1. The van der Waals surface area contributed by atoms with Gasteiger partial charge in [-0.3, -0.25) is 0 Å². The molecule has 3 rings (SSSR count). The molecule has 0 bridgehead atoms. The van der Waals surface area contributed by atoms with Gasteiger partial charge in [-0.25, -0.2) is 9.97 Å². The lowest BCUT2D eigenvalue weighted by molar-refractivity contribution is 0.647. The molecule has 0 amide bonds. The van der Waals surface area contributed by atoms with E-state index in [-0.39, 0.29) is 0 Å². The number of benzene rings is 1. The molecule has 0 spiro atoms. The van der Waals surface area contributed by atoms with Crippen LogP contribution >= 0.6 is 11.6 Å². The summed E-state index contributed by atoms with van der Waals surface area (Å²) in [4.78, 5) is 13.4. The third kappa shape index (κ3) is 4.29. The Morgan fingerprint density at radius 1 is 1.08 bits per heavy atom. The number of unbranched alkanes of at least 4 members (excludes halogenated alkanes) is 1. The summed E-state index contributed by atoms with van der Waals surface area (Å²) in [7, 11) is 0. The van der Waals surface area contributed by atoms with E-state index < -0.39 is 0 Å². The van der Waals surface area contributed by atoms with E-state index in [0.717, 1.165) is 55.8 Å². The number of nitrogens with zero attached hydrogens (tertiary/aromatic N) is 4. The quantitative estimate of drug-likeness (QED) is 0.809. The minimum atomic E-state index is 0.786. The average Bonchev–Trinajstić information content (AvgIpc) is 2.62. The largest absolute Gasteiger partial charge is 0.370 e. The van der Waals surface area contributed by atoms with Crippen LogP contribution in [0.25, 0.3) is 0 Å². The van der Waals surface area contributed by atoms with Crippen LogP contribution in [0.2, 0.25) is 5.02 Å². The maximum atomic E-state index is 6.10. The zero-order valence-corrected chi connectivity index (χ0v) is 14.8. The summed E-state index contributed by atoms with van der Waals surface area (Å²) in [6.07, 6.45) is 3.97. The SMILES string of the molecule is CCCCNc1cc(N2CCN(c3cccc(Cl)c3)CC2)ncn1. The minimum Gasteiger partial charge on any atom is -0.370 e. The molecule has 1 aliphatic rings. The van der Waals surface area contributed by atoms with Crippen molar-refractivity contribution in [2.24, 2.45) is 0 Å². The normalized spacial score (nSPS) is 14.8. The molecule has 5 nitrogen and oxygen atoms in total. The summed E-state index contributed by atoms with van der Waals surface area (Å²) < 4.78 is 0. The van der Waals surface area contributed by atoms with E-state index in [1.165, 1.54) is 12.1 Å². The van der Waals surface area contributed by atoms with Crippen molar-refractivity contribution in [2.45, 2.75) is 19.8 Å². The molecule has 6 heteroatoms. The van der Waals surface area contributed by atoms with Gasteiger partial charge in [0.05, 0.1) is 0 Å². The first-order valence-electron chi connectivity index (χ1n) is 8.57. The van der Waals surface area contributed by atoms with E-state index in [1.54, 1.807) is 6.33 Å². The van der Waals surface area contributed by atoms with Crippen LogP contribution in [0.15, 0.2) is 36.7 Å². The Morgan fingerprint density at radius 2 is 1.88 bits per heavy atom. The van der Waals surface area contributed by atoms with Crippen molar-refractivity contribution >= 4 is 28.9 Å². The molecule has 0 saturated carbocycles. The standard InChI is InChI=1S/C18H24ClN5/c1-2-3-7-20-17-13-18(22-14-21-17)24-10-8-23(9-11-24)16-6-4-5-15(19)12-16/h4-6,12-14H,2-3,7-11H2,1H3,(H,20,21,22). The number of anilines is 3. The smallest absolute Gasteiger partial charge is 0.134 e. The van der Waals surface area contributed by atoms with Gasteiger partial charge < -0.3 is 15.1 Å². The lowest BCUT2D eigenvalue weighted by Crippen LogP contribution is -2.46. The topological polar surface area (TPSA) is 44.3 Å². The van der Waals surface area contributed by atoms with Gasteiger partial charge in [0.25, 0.3) is 0 Å². The van der Waals surface area contributed by atoms with E-state index in [1.807, 2.05) is 24.3 Å². The Balaban J connectivity index is 1.59. The summed E-state index contributed by atoms with van der Waals surface area (Å²) in [5, 5.41) is 4.15. The predicted octanol–water partition coefficient (Wildman–Crippen LogP) is 3.67. The summed E-state index contributed by atoms with van der Waals surface area (Å²) in [5.74, 6) is 1.90. The summed E-state index contributed by atoms with van der Waals surface area (Å²) >= 11 is 6.10. The van der Waals surface area contributed by atoms with Gasteiger partial charge in [0.15, 0.2) is 0 Å². The van der Waals surface area contributed by atoms with Gasteiger partial charge >= 0.3 is 0 Å². The average molecular weight is 346 g/mol. The second-order valence-corrected chi connectivity index (χ2v) is 6.43. The predicted molar refractivity (Wildman–Crippen MR) is 101 cm³/mol. The molecule has 0 atom stereocenters. The van der Waals surface area contributed by atoms with E-state index in [4.69, 9.17) is 11.6 Å². The van der Waals surface area contributed by atoms with Crippen molar-refractivity contribution in [3.05, 3.63) is 41.7 Å². The van der Waals surface area contributed by atoms with Crippen molar-refractivity contribution in [1.29, 1.82) is 0 Å². The van der Waals surface area contributed by atoms with Crippen LogP contribution in [0, 0.1) is 0 Å². The number of halogens is 1. The first-order valence-corrected chi connectivity index (χ1v) is 8.95. The Labute approximate surface area is 148 Å². The molecular weight excluding hydrogens is 322 g/mol. The lowest BCUT2D eigenvalue weighted by atomic mass is 10.2. The van der Waals surface area contributed by atoms with E-state index in [9.17, 15) is 0 Å². The summed E-state index contributed by atoms with van der Waals surface area (Å²) in [5.41, 5.74) is 1.19. The van der Waals surface area contributed by atoms with Crippen LogP contribution in [0.5, 0.6) is 0 Å². The van der Waals surface area contributed by atoms with Crippen LogP contribution in [-0.4, -0.2) is 42.7 Å². The lowest BCUT2D eigenvalue weighted by Gasteiger charge is -2.36. The molecule has 0 radical (unpaired) electrons. The van der Waals surface area contributed by atoms with Crippen LogP contribution in [-0.2, 0) is 0 Å². The third-order valence-electron chi connectivity index (χ3n) is 4.27. The van der Waals surface area contributed by atoms with Crippen LogP contribution < -0.4 is 15.1 Å². The number of aromatic nitrogens is 2. The maximum Gasteiger partial charge on any atom is 0.134 e. The Morgan fingerprint density at radius 3 is 2.62 bits per heavy atom. The fourth-order valence-corrected chi connectivity index (χ4v) is 3.06. The number of hydrogen-bond acceptors (Lipinski definition) is 5. The monoisotopic (exact) mass is 345 g/mol. The molecule has 0 aliphatic carbocycles. The molecule has 0 unspecified atom stereocenters. The first kappa shape index (κ1) is 16.8. The van der Waals surface area contributed by atoms with Crippen molar-refractivity contribution in [1.82, 2.24) is 9.97 Å². The zero-order valence-electron chi connectivity index (χ0n) is 14.1. The van der Waals surface area contributed by atoms with Gasteiger partial charge in [0.1, 0.15) is 18.0 Å². The van der Waals surface area contributed by atoms with Gasteiger partial charge in [-0.15, -0.1) is 0 Å². The van der Waals surface area contributed by atoms with Gasteiger partial charge in [-0.2, -0.15) is 0 Å². The summed E-state index contributed by atoms with van der Waals surface area (Å²) in [6, 6.07) is 10.1. The van der Waals surface area contributed by atoms with E-state index in [0.29, 0.717) is 0 Å².